The second kappa shape index (κ2) is 4.76. The molecule has 0 aliphatic heterocycles. The Morgan fingerprint density at radius 3 is 2.36 bits per heavy atom. The molecule has 0 amide bonds. The van der Waals surface area contributed by atoms with Crippen LogP contribution in [0.15, 0.2) is 36.5 Å². The van der Waals surface area contributed by atoms with E-state index in [2.05, 4.69) is 13.2 Å². The largest absolute Gasteiger partial charge is 0.497 e. The molecule has 0 heterocycles. The summed E-state index contributed by atoms with van der Waals surface area (Å²) in [5, 5.41) is 17.2. The van der Waals surface area contributed by atoms with Crippen molar-refractivity contribution >= 4 is 7.12 Å². The van der Waals surface area contributed by atoms with Crippen molar-refractivity contribution in [2.45, 2.75) is 0 Å². The van der Waals surface area contributed by atoms with E-state index in [-0.39, 0.29) is 5.47 Å². The van der Waals surface area contributed by atoms with E-state index in [1.165, 1.54) is 19.3 Å². The van der Waals surface area contributed by atoms with Gasteiger partial charge in [-0.2, -0.15) is 0 Å². The maximum atomic E-state index is 8.58. The second-order valence-electron chi connectivity index (χ2n) is 1.90. The highest BCUT2D eigenvalue weighted by Gasteiger charge is 2.09. The Hall–Kier alpha value is -0.995. The number of methoxy groups -OCH3 is 1. The second-order valence-corrected chi connectivity index (χ2v) is 1.90. The number of allylic oxidation sites excluding steroid dienone is 3. The van der Waals surface area contributed by atoms with Crippen LogP contribution in [0.3, 0.4) is 0 Å². The monoisotopic (exact) mass is 154 g/mol. The molecular formula is C7H11BO3. The van der Waals surface area contributed by atoms with Crippen molar-refractivity contribution in [2.24, 2.45) is 0 Å². The van der Waals surface area contributed by atoms with Crippen LogP contribution in [0.2, 0.25) is 0 Å². The minimum absolute atomic E-state index is 0.168. The Kier molecular flexibility index (Phi) is 4.33. The van der Waals surface area contributed by atoms with Gasteiger partial charge in [0.05, 0.1) is 7.11 Å². The van der Waals surface area contributed by atoms with Gasteiger partial charge < -0.3 is 14.8 Å². The highest BCUT2D eigenvalue weighted by molar-refractivity contribution is 6.51. The fourth-order valence-corrected chi connectivity index (χ4v) is 0.458. The summed E-state index contributed by atoms with van der Waals surface area (Å²) in [6.45, 7) is 6.83. The molecule has 0 aromatic rings. The van der Waals surface area contributed by atoms with Gasteiger partial charge in [-0.3, -0.25) is 0 Å². The molecule has 0 atom stereocenters. The van der Waals surface area contributed by atoms with E-state index in [0.717, 1.165) is 0 Å². The van der Waals surface area contributed by atoms with Gasteiger partial charge in [0.15, 0.2) is 0 Å². The van der Waals surface area contributed by atoms with Crippen molar-refractivity contribution in [1.82, 2.24) is 0 Å². The quantitative estimate of drug-likeness (QED) is 0.347. The molecule has 0 aliphatic carbocycles. The first kappa shape index (κ1) is 10.0. The van der Waals surface area contributed by atoms with Crippen LogP contribution >= 0.6 is 0 Å². The summed E-state index contributed by atoms with van der Waals surface area (Å²) >= 11 is 0. The third-order valence-corrected chi connectivity index (χ3v) is 1.10. The van der Waals surface area contributed by atoms with Gasteiger partial charge in [-0.15, -0.1) is 0 Å². The van der Waals surface area contributed by atoms with Crippen molar-refractivity contribution in [3.05, 3.63) is 36.5 Å². The Morgan fingerprint density at radius 2 is 2.09 bits per heavy atom. The smallest absolute Gasteiger partial charge is 0.487 e. The summed E-state index contributed by atoms with van der Waals surface area (Å²) in [6, 6.07) is 0. The molecule has 3 nitrogen and oxygen atoms in total. The van der Waals surface area contributed by atoms with Crippen LogP contribution in [0.1, 0.15) is 0 Å². The van der Waals surface area contributed by atoms with E-state index in [9.17, 15) is 0 Å². The maximum Gasteiger partial charge on any atom is 0.487 e. The van der Waals surface area contributed by atoms with E-state index in [1.54, 1.807) is 0 Å². The first-order valence-electron chi connectivity index (χ1n) is 3.05. The molecule has 60 valence electrons. The zero-order chi connectivity index (χ0) is 8.85. The first-order valence-corrected chi connectivity index (χ1v) is 3.05. The predicted molar refractivity (Wildman–Crippen MR) is 44.6 cm³/mol. The Bertz CT molecular complexity index is 184. The van der Waals surface area contributed by atoms with E-state index in [1.807, 2.05) is 0 Å². The van der Waals surface area contributed by atoms with Crippen molar-refractivity contribution in [1.29, 1.82) is 0 Å². The zero-order valence-electron chi connectivity index (χ0n) is 6.45. The third kappa shape index (κ3) is 3.65. The van der Waals surface area contributed by atoms with E-state index < -0.39 is 7.12 Å². The average molecular weight is 154 g/mol. The van der Waals surface area contributed by atoms with Gasteiger partial charge >= 0.3 is 7.12 Å². The number of hydrogen-bond donors (Lipinski definition) is 2. The standard InChI is InChI=1S/C7H11BO3/c1-4-7(11-3)5-6(2)8(9)10/h4-5,9-10H,1-2H2,3H3/b7-5+. The van der Waals surface area contributed by atoms with Gasteiger partial charge in [-0.05, 0) is 17.6 Å². The van der Waals surface area contributed by atoms with Crippen molar-refractivity contribution in [2.75, 3.05) is 7.11 Å². The van der Waals surface area contributed by atoms with E-state index >= 15 is 0 Å². The highest BCUT2D eigenvalue weighted by atomic mass is 16.5. The van der Waals surface area contributed by atoms with Crippen LogP contribution in [-0.2, 0) is 4.74 Å². The molecule has 0 aromatic heterocycles. The molecular weight excluding hydrogens is 143 g/mol. The topological polar surface area (TPSA) is 49.7 Å². The van der Waals surface area contributed by atoms with Crippen LogP contribution in [-0.4, -0.2) is 24.3 Å². The van der Waals surface area contributed by atoms with Crippen LogP contribution in [0, 0.1) is 0 Å². The molecule has 0 saturated carbocycles. The fraction of sp³-hybridized carbons (Fsp3) is 0.143. The lowest BCUT2D eigenvalue weighted by molar-refractivity contribution is 0.306. The predicted octanol–water partition coefficient (Wildman–Crippen LogP) is 0.271. The molecule has 0 aromatic carbocycles. The Morgan fingerprint density at radius 1 is 1.55 bits per heavy atom. The SMILES string of the molecule is C=C/C(=C\C(=C)B(O)O)OC. The molecule has 0 bridgehead atoms. The van der Waals surface area contributed by atoms with Gasteiger partial charge in [0, 0.05) is 0 Å². The minimum atomic E-state index is -1.54. The van der Waals surface area contributed by atoms with Gasteiger partial charge in [0.1, 0.15) is 5.76 Å². The van der Waals surface area contributed by atoms with Crippen LogP contribution in [0.5, 0.6) is 0 Å². The molecule has 0 rings (SSSR count). The van der Waals surface area contributed by atoms with Gasteiger partial charge in [0.25, 0.3) is 0 Å². The van der Waals surface area contributed by atoms with Crippen molar-refractivity contribution in [3.63, 3.8) is 0 Å². The third-order valence-electron chi connectivity index (χ3n) is 1.10. The molecule has 0 saturated heterocycles. The van der Waals surface area contributed by atoms with Crippen molar-refractivity contribution in [3.8, 4) is 0 Å². The van der Waals surface area contributed by atoms with Crippen LogP contribution in [0.25, 0.3) is 0 Å². The number of hydrogen-bond acceptors (Lipinski definition) is 3. The summed E-state index contributed by atoms with van der Waals surface area (Å²) in [5.41, 5.74) is 0.168. The zero-order valence-corrected chi connectivity index (χ0v) is 6.45. The summed E-state index contributed by atoms with van der Waals surface area (Å²) < 4.78 is 4.78. The molecule has 2 N–H and O–H groups in total. The summed E-state index contributed by atoms with van der Waals surface area (Å²) in [7, 11) is -0.0787. The maximum absolute atomic E-state index is 8.58. The lowest BCUT2D eigenvalue weighted by Gasteiger charge is -2.00. The van der Waals surface area contributed by atoms with Crippen molar-refractivity contribution < 1.29 is 14.8 Å². The molecule has 11 heavy (non-hydrogen) atoms. The number of rotatable bonds is 4. The molecule has 0 unspecified atom stereocenters. The lowest BCUT2D eigenvalue weighted by atomic mass is 9.80. The summed E-state index contributed by atoms with van der Waals surface area (Å²) in [4.78, 5) is 0. The molecule has 0 aliphatic rings. The van der Waals surface area contributed by atoms with E-state index in [4.69, 9.17) is 14.8 Å². The first-order chi connectivity index (χ1) is 5.11. The molecule has 0 radical (unpaired) electrons. The summed E-state index contributed by atoms with van der Waals surface area (Å²) in [5.74, 6) is 0.447. The number of ether oxygens (including phenoxy) is 1. The van der Waals surface area contributed by atoms with Gasteiger partial charge in [0.2, 0.25) is 0 Å². The minimum Gasteiger partial charge on any atom is -0.497 e. The molecule has 0 fully saturated rings. The van der Waals surface area contributed by atoms with Crippen LogP contribution < -0.4 is 0 Å². The molecule has 0 spiro atoms. The fourth-order valence-electron chi connectivity index (χ4n) is 0.458. The van der Waals surface area contributed by atoms with Crippen LogP contribution in [0.4, 0.5) is 0 Å². The van der Waals surface area contributed by atoms with E-state index in [0.29, 0.717) is 5.76 Å². The average Bonchev–Trinajstić information content (AvgIpc) is 1.99. The Labute approximate surface area is 66.5 Å². The lowest BCUT2D eigenvalue weighted by Crippen LogP contribution is -2.13. The molecule has 4 heteroatoms. The van der Waals surface area contributed by atoms with Gasteiger partial charge in [-0.25, -0.2) is 0 Å². The summed E-state index contributed by atoms with van der Waals surface area (Å²) in [6.07, 6.45) is 2.85. The Balaban J connectivity index is 4.26. The highest BCUT2D eigenvalue weighted by Crippen LogP contribution is 2.02. The van der Waals surface area contributed by atoms with Gasteiger partial charge in [-0.1, -0.05) is 13.2 Å². The normalized spacial score (nSPS) is 10.6.